The molecule has 0 atom stereocenters. The van der Waals surface area contributed by atoms with Crippen LogP contribution in [0.5, 0.6) is 0 Å². The molecule has 1 aromatic heterocycles. The van der Waals surface area contributed by atoms with E-state index in [4.69, 9.17) is 0 Å². The average Bonchev–Trinajstić information content (AvgIpc) is 2.92. The first-order valence-corrected chi connectivity index (χ1v) is 9.13. The summed E-state index contributed by atoms with van der Waals surface area (Å²) in [6, 6.07) is 3.47. The molecule has 2 N–H and O–H groups in total. The van der Waals surface area contributed by atoms with Gasteiger partial charge in [-0.05, 0) is 18.6 Å². The molecule has 0 fully saturated rings. The second-order valence-electron chi connectivity index (χ2n) is 4.71. The molecule has 1 heterocycles. The largest absolute Gasteiger partial charge is 0.356 e. The number of sulfonamides is 1. The van der Waals surface area contributed by atoms with E-state index in [1.165, 1.54) is 29.7 Å². The van der Waals surface area contributed by atoms with Crippen LogP contribution < -0.4 is 10.6 Å². The van der Waals surface area contributed by atoms with Crippen molar-refractivity contribution in [1.82, 2.24) is 14.9 Å². The van der Waals surface area contributed by atoms with Gasteiger partial charge in [-0.1, -0.05) is 13.3 Å². The first kappa shape index (κ1) is 17.9. The molecule has 0 aliphatic heterocycles. The Morgan fingerprint density at radius 1 is 1.33 bits per heavy atom. The normalized spacial score (nSPS) is 12.7. The molecule has 0 aliphatic rings. The van der Waals surface area contributed by atoms with Gasteiger partial charge in [0.1, 0.15) is 4.21 Å². The average molecular weight is 332 g/mol. The third-order valence-electron chi connectivity index (χ3n) is 2.85. The fraction of sp³-hybridized carbons (Fsp3) is 0.615. The number of unbranched alkanes of at least 4 members (excludes halogenated alkanes) is 1. The summed E-state index contributed by atoms with van der Waals surface area (Å²) in [5, 5.41) is 6.39. The van der Waals surface area contributed by atoms with Gasteiger partial charge in [0.2, 0.25) is 0 Å². The summed E-state index contributed by atoms with van der Waals surface area (Å²) in [7, 11) is 1.45. The highest BCUT2D eigenvalue weighted by atomic mass is 32.2. The lowest BCUT2D eigenvalue weighted by atomic mass is 10.3. The van der Waals surface area contributed by atoms with E-state index in [0.717, 1.165) is 30.2 Å². The number of guanidine groups is 1. The van der Waals surface area contributed by atoms with Gasteiger partial charge < -0.3 is 10.6 Å². The van der Waals surface area contributed by atoms with Gasteiger partial charge in [0.15, 0.2) is 5.96 Å². The third kappa shape index (κ3) is 5.29. The third-order valence-corrected chi connectivity index (χ3v) is 6.22. The zero-order valence-corrected chi connectivity index (χ0v) is 14.6. The molecule has 0 bridgehead atoms. The molecule has 0 aliphatic carbocycles. The summed E-state index contributed by atoms with van der Waals surface area (Å²) in [6.07, 6.45) is 2.21. The molecule has 120 valence electrons. The number of aliphatic imine (C=N–C) groups is 1. The molecule has 0 aromatic carbocycles. The Bertz CT molecular complexity index is 564. The fourth-order valence-corrected chi connectivity index (χ4v) is 4.01. The van der Waals surface area contributed by atoms with E-state index in [1.807, 2.05) is 6.07 Å². The Balaban J connectivity index is 2.59. The predicted octanol–water partition coefficient (Wildman–Crippen LogP) is 1.46. The molecule has 21 heavy (non-hydrogen) atoms. The smallest absolute Gasteiger partial charge is 0.252 e. The lowest BCUT2D eigenvalue weighted by Gasteiger charge is -2.10. The van der Waals surface area contributed by atoms with Gasteiger partial charge in [-0.25, -0.2) is 12.7 Å². The van der Waals surface area contributed by atoms with Gasteiger partial charge in [0.05, 0.1) is 6.54 Å². The van der Waals surface area contributed by atoms with Crippen LogP contribution in [0.15, 0.2) is 21.3 Å². The van der Waals surface area contributed by atoms with Crippen molar-refractivity contribution in [2.45, 2.75) is 30.5 Å². The molecular formula is C13H24N4O2S2. The predicted molar refractivity (Wildman–Crippen MR) is 88.3 cm³/mol. The van der Waals surface area contributed by atoms with E-state index in [9.17, 15) is 8.42 Å². The van der Waals surface area contributed by atoms with Gasteiger partial charge in [-0.2, -0.15) is 0 Å². The Kier molecular flexibility index (Phi) is 7.13. The van der Waals surface area contributed by atoms with Crippen LogP contribution in [0, 0.1) is 0 Å². The van der Waals surface area contributed by atoms with Crippen LogP contribution in [0.1, 0.15) is 24.6 Å². The Morgan fingerprint density at radius 3 is 2.62 bits per heavy atom. The van der Waals surface area contributed by atoms with E-state index >= 15 is 0 Å². The summed E-state index contributed by atoms with van der Waals surface area (Å²) in [5.74, 6) is 0.730. The second-order valence-corrected chi connectivity index (χ2v) is 8.26. The number of hydrogen-bond acceptors (Lipinski definition) is 4. The highest BCUT2D eigenvalue weighted by molar-refractivity contribution is 7.91. The monoisotopic (exact) mass is 332 g/mol. The van der Waals surface area contributed by atoms with Crippen LogP contribution in [0.25, 0.3) is 0 Å². The minimum Gasteiger partial charge on any atom is -0.356 e. The summed E-state index contributed by atoms with van der Waals surface area (Å²) >= 11 is 1.27. The van der Waals surface area contributed by atoms with Crippen molar-refractivity contribution < 1.29 is 8.42 Å². The van der Waals surface area contributed by atoms with Gasteiger partial charge in [0.25, 0.3) is 10.0 Å². The van der Waals surface area contributed by atoms with Crippen molar-refractivity contribution in [3.63, 3.8) is 0 Å². The van der Waals surface area contributed by atoms with Gasteiger partial charge in [0, 0.05) is 32.6 Å². The summed E-state index contributed by atoms with van der Waals surface area (Å²) in [6.45, 7) is 3.57. The number of nitrogens with one attached hydrogen (secondary N) is 2. The highest BCUT2D eigenvalue weighted by Crippen LogP contribution is 2.23. The van der Waals surface area contributed by atoms with Crippen molar-refractivity contribution >= 4 is 27.3 Å². The highest BCUT2D eigenvalue weighted by Gasteiger charge is 2.19. The standard InChI is InChI=1S/C13H24N4O2S2/c1-5-6-9-15-13(14-2)16-10-11-7-8-12(20-11)21(18,19)17(3)4/h7-8H,5-6,9-10H2,1-4H3,(H2,14,15,16). The van der Waals surface area contributed by atoms with Crippen LogP contribution in [0.3, 0.4) is 0 Å². The first-order valence-electron chi connectivity index (χ1n) is 6.87. The number of nitrogens with zero attached hydrogens (tertiary/aromatic N) is 2. The SMILES string of the molecule is CCCCNC(=NC)NCc1ccc(S(=O)(=O)N(C)C)s1. The van der Waals surface area contributed by atoms with Crippen LogP contribution in [-0.2, 0) is 16.6 Å². The van der Waals surface area contributed by atoms with Gasteiger partial charge in [-0.3, -0.25) is 4.99 Å². The number of hydrogen-bond donors (Lipinski definition) is 2. The van der Waals surface area contributed by atoms with Crippen LogP contribution in [0.4, 0.5) is 0 Å². The topological polar surface area (TPSA) is 73.8 Å². The minimum absolute atomic E-state index is 0.359. The fourth-order valence-electron chi connectivity index (χ4n) is 1.55. The molecule has 0 spiro atoms. The second kappa shape index (κ2) is 8.35. The molecule has 0 saturated carbocycles. The summed E-state index contributed by atoms with van der Waals surface area (Å²) < 4.78 is 25.6. The Hall–Kier alpha value is -1.12. The van der Waals surface area contributed by atoms with Crippen LogP contribution in [-0.4, -0.2) is 46.4 Å². The van der Waals surface area contributed by atoms with Crippen molar-refractivity contribution in [1.29, 1.82) is 0 Å². The molecule has 0 unspecified atom stereocenters. The zero-order valence-electron chi connectivity index (χ0n) is 13.0. The van der Waals surface area contributed by atoms with E-state index in [0.29, 0.717) is 10.8 Å². The van der Waals surface area contributed by atoms with E-state index < -0.39 is 10.0 Å². The molecule has 0 radical (unpaired) electrons. The van der Waals surface area contributed by atoms with Crippen molar-refractivity contribution in [2.75, 3.05) is 27.7 Å². The van der Waals surface area contributed by atoms with Gasteiger partial charge in [-0.15, -0.1) is 11.3 Å². The lowest BCUT2D eigenvalue weighted by molar-refractivity contribution is 0.523. The first-order chi connectivity index (χ1) is 9.91. The molecular weight excluding hydrogens is 308 g/mol. The zero-order chi connectivity index (χ0) is 15.9. The maximum atomic E-state index is 12.0. The molecule has 1 rings (SSSR count). The maximum absolute atomic E-state index is 12.0. The van der Waals surface area contributed by atoms with Crippen molar-refractivity contribution in [2.24, 2.45) is 4.99 Å². The molecule has 6 nitrogen and oxygen atoms in total. The van der Waals surface area contributed by atoms with E-state index in [2.05, 4.69) is 22.5 Å². The Labute approximate surface area is 131 Å². The van der Waals surface area contributed by atoms with Crippen LogP contribution in [0.2, 0.25) is 0 Å². The summed E-state index contributed by atoms with van der Waals surface area (Å²) in [5.41, 5.74) is 0. The van der Waals surface area contributed by atoms with Crippen molar-refractivity contribution in [3.05, 3.63) is 17.0 Å². The minimum atomic E-state index is -3.34. The lowest BCUT2D eigenvalue weighted by Crippen LogP contribution is -2.37. The van der Waals surface area contributed by atoms with Gasteiger partial charge >= 0.3 is 0 Å². The molecule has 0 amide bonds. The van der Waals surface area contributed by atoms with E-state index in [-0.39, 0.29) is 0 Å². The van der Waals surface area contributed by atoms with Crippen molar-refractivity contribution in [3.8, 4) is 0 Å². The van der Waals surface area contributed by atoms with E-state index in [1.54, 1.807) is 13.1 Å². The quantitative estimate of drug-likeness (QED) is 0.450. The maximum Gasteiger partial charge on any atom is 0.252 e. The molecule has 8 heteroatoms. The molecule has 0 saturated heterocycles. The number of thiophene rings is 1. The molecule has 1 aromatic rings. The number of rotatable bonds is 7. The Morgan fingerprint density at radius 2 is 2.05 bits per heavy atom. The summed E-state index contributed by atoms with van der Waals surface area (Å²) in [4.78, 5) is 5.08. The van der Waals surface area contributed by atoms with Crippen LogP contribution >= 0.6 is 11.3 Å².